The Morgan fingerprint density at radius 1 is 1.67 bits per heavy atom. The van der Waals surface area contributed by atoms with Gasteiger partial charge in [0, 0.05) is 20.3 Å². The van der Waals surface area contributed by atoms with Crippen LogP contribution in [0.1, 0.15) is 0 Å². The SMILES string of the molecule is C=CN=C(OC)N(C)C. The van der Waals surface area contributed by atoms with Crippen molar-refractivity contribution in [3.63, 3.8) is 0 Å². The van der Waals surface area contributed by atoms with E-state index >= 15 is 0 Å². The van der Waals surface area contributed by atoms with Crippen LogP contribution in [-0.4, -0.2) is 32.1 Å². The van der Waals surface area contributed by atoms with E-state index in [1.807, 2.05) is 14.1 Å². The summed E-state index contributed by atoms with van der Waals surface area (Å²) >= 11 is 0. The smallest absolute Gasteiger partial charge is 0.291 e. The van der Waals surface area contributed by atoms with E-state index in [1.165, 1.54) is 6.20 Å². The summed E-state index contributed by atoms with van der Waals surface area (Å²) in [6.07, 6.45) is 1.44. The van der Waals surface area contributed by atoms with Gasteiger partial charge in [-0.1, -0.05) is 6.58 Å². The molecule has 52 valence electrons. The molecular weight excluding hydrogens is 116 g/mol. The zero-order chi connectivity index (χ0) is 7.28. The summed E-state index contributed by atoms with van der Waals surface area (Å²) in [5.74, 6) is 0. The number of amidine groups is 1. The van der Waals surface area contributed by atoms with Gasteiger partial charge in [0.15, 0.2) is 0 Å². The van der Waals surface area contributed by atoms with E-state index in [4.69, 9.17) is 4.74 Å². The molecule has 0 fully saturated rings. The lowest BCUT2D eigenvalue weighted by Crippen LogP contribution is -2.22. The molecule has 0 saturated carbocycles. The van der Waals surface area contributed by atoms with Gasteiger partial charge in [0.05, 0.1) is 7.11 Å². The monoisotopic (exact) mass is 128 g/mol. The van der Waals surface area contributed by atoms with Gasteiger partial charge in [0.2, 0.25) is 0 Å². The summed E-state index contributed by atoms with van der Waals surface area (Å²) in [5, 5.41) is 0. The van der Waals surface area contributed by atoms with E-state index in [1.54, 1.807) is 12.0 Å². The van der Waals surface area contributed by atoms with Crippen molar-refractivity contribution in [3.05, 3.63) is 12.8 Å². The molecule has 0 atom stereocenters. The normalized spacial score (nSPS) is 10.8. The summed E-state index contributed by atoms with van der Waals surface area (Å²) in [5.41, 5.74) is 0. The molecule has 0 spiro atoms. The zero-order valence-electron chi connectivity index (χ0n) is 6.09. The lowest BCUT2D eigenvalue weighted by Gasteiger charge is -2.11. The second-order valence-corrected chi connectivity index (χ2v) is 1.69. The molecule has 0 heterocycles. The number of methoxy groups -OCH3 is 1. The van der Waals surface area contributed by atoms with Crippen LogP contribution < -0.4 is 0 Å². The third kappa shape index (κ3) is 2.74. The highest BCUT2D eigenvalue weighted by Crippen LogP contribution is 1.84. The van der Waals surface area contributed by atoms with Crippen LogP contribution in [0, 0.1) is 0 Å². The van der Waals surface area contributed by atoms with E-state index < -0.39 is 0 Å². The lowest BCUT2D eigenvalue weighted by molar-refractivity contribution is 0.331. The Balaban J connectivity index is 3.96. The maximum absolute atomic E-state index is 4.86. The molecule has 0 aliphatic rings. The minimum atomic E-state index is 0.560. The fourth-order valence-corrected chi connectivity index (χ4v) is 0.429. The quantitative estimate of drug-likeness (QED) is 0.383. The van der Waals surface area contributed by atoms with Gasteiger partial charge in [-0.3, -0.25) is 0 Å². The molecule has 0 aromatic rings. The third-order valence-electron chi connectivity index (χ3n) is 0.767. The summed E-state index contributed by atoms with van der Waals surface area (Å²) in [6, 6.07) is 0.560. The van der Waals surface area contributed by atoms with Crippen LogP contribution in [0.15, 0.2) is 17.8 Å². The van der Waals surface area contributed by atoms with Gasteiger partial charge in [-0.05, 0) is 0 Å². The molecule has 0 unspecified atom stereocenters. The highest BCUT2D eigenvalue weighted by molar-refractivity contribution is 5.73. The molecule has 0 bridgehead atoms. The molecule has 0 N–H and O–H groups in total. The van der Waals surface area contributed by atoms with Gasteiger partial charge >= 0.3 is 0 Å². The van der Waals surface area contributed by atoms with Crippen molar-refractivity contribution in [1.82, 2.24) is 4.90 Å². The molecule has 0 rings (SSSR count). The first-order chi connectivity index (χ1) is 4.22. The Hall–Kier alpha value is -0.990. The van der Waals surface area contributed by atoms with Crippen LogP contribution in [0.25, 0.3) is 0 Å². The topological polar surface area (TPSA) is 24.8 Å². The first kappa shape index (κ1) is 8.01. The highest BCUT2D eigenvalue weighted by Gasteiger charge is 1.95. The second kappa shape index (κ2) is 3.95. The minimum Gasteiger partial charge on any atom is -0.468 e. The predicted octanol–water partition coefficient (Wildman–Crippen LogP) is 0.694. The Morgan fingerprint density at radius 2 is 2.22 bits per heavy atom. The molecule has 3 heteroatoms. The van der Waals surface area contributed by atoms with E-state index in [0.717, 1.165) is 0 Å². The van der Waals surface area contributed by atoms with E-state index in [9.17, 15) is 0 Å². The van der Waals surface area contributed by atoms with Crippen molar-refractivity contribution in [2.75, 3.05) is 21.2 Å². The van der Waals surface area contributed by atoms with Crippen LogP contribution in [0.2, 0.25) is 0 Å². The molecule has 0 aliphatic heterocycles. The Morgan fingerprint density at radius 3 is 2.33 bits per heavy atom. The standard InChI is InChI=1S/C6H12N2O/c1-5-7-6(9-4)8(2)3/h5H,1H2,2-4H3. The van der Waals surface area contributed by atoms with Crippen molar-refractivity contribution in [2.24, 2.45) is 4.99 Å². The number of hydrogen-bond donors (Lipinski definition) is 0. The summed E-state index contributed by atoms with van der Waals surface area (Å²) in [7, 11) is 5.28. The van der Waals surface area contributed by atoms with Crippen molar-refractivity contribution in [3.8, 4) is 0 Å². The maximum atomic E-state index is 4.86. The molecule has 0 radical (unpaired) electrons. The molecular formula is C6H12N2O. The van der Waals surface area contributed by atoms with Crippen LogP contribution in [0.3, 0.4) is 0 Å². The molecule has 0 saturated heterocycles. The molecule has 0 aromatic carbocycles. The minimum absolute atomic E-state index is 0.560. The van der Waals surface area contributed by atoms with Crippen LogP contribution in [-0.2, 0) is 4.74 Å². The van der Waals surface area contributed by atoms with Crippen molar-refractivity contribution in [2.45, 2.75) is 0 Å². The molecule has 9 heavy (non-hydrogen) atoms. The molecule has 0 aliphatic carbocycles. The Kier molecular flexibility index (Phi) is 3.51. The Bertz CT molecular complexity index is 118. The maximum Gasteiger partial charge on any atom is 0.291 e. The fourth-order valence-electron chi connectivity index (χ4n) is 0.429. The van der Waals surface area contributed by atoms with Crippen molar-refractivity contribution < 1.29 is 4.74 Å². The van der Waals surface area contributed by atoms with E-state index in [0.29, 0.717) is 6.02 Å². The fraction of sp³-hybridized carbons (Fsp3) is 0.500. The van der Waals surface area contributed by atoms with Gasteiger partial charge in [-0.15, -0.1) is 0 Å². The average molecular weight is 128 g/mol. The van der Waals surface area contributed by atoms with Crippen molar-refractivity contribution in [1.29, 1.82) is 0 Å². The van der Waals surface area contributed by atoms with Gasteiger partial charge in [-0.25, -0.2) is 4.99 Å². The van der Waals surface area contributed by atoms with Crippen LogP contribution in [0.4, 0.5) is 0 Å². The van der Waals surface area contributed by atoms with Crippen molar-refractivity contribution >= 4 is 6.02 Å². The van der Waals surface area contributed by atoms with Gasteiger partial charge in [0.25, 0.3) is 6.02 Å². The van der Waals surface area contributed by atoms with Gasteiger partial charge in [0.1, 0.15) is 0 Å². The van der Waals surface area contributed by atoms with Gasteiger partial charge in [-0.2, -0.15) is 0 Å². The predicted molar refractivity (Wildman–Crippen MR) is 38.3 cm³/mol. The first-order valence-corrected chi connectivity index (χ1v) is 2.62. The number of nitrogens with zero attached hydrogens (tertiary/aromatic N) is 2. The van der Waals surface area contributed by atoms with Crippen LogP contribution in [0.5, 0.6) is 0 Å². The summed E-state index contributed by atoms with van der Waals surface area (Å²) < 4.78 is 4.86. The third-order valence-corrected chi connectivity index (χ3v) is 0.767. The summed E-state index contributed by atoms with van der Waals surface area (Å²) in [6.45, 7) is 3.44. The van der Waals surface area contributed by atoms with E-state index in [2.05, 4.69) is 11.6 Å². The molecule has 0 amide bonds. The van der Waals surface area contributed by atoms with Gasteiger partial charge < -0.3 is 9.64 Å². The lowest BCUT2D eigenvalue weighted by atomic mass is 10.8. The number of rotatable bonds is 1. The Labute approximate surface area is 55.6 Å². The van der Waals surface area contributed by atoms with Crippen LogP contribution >= 0.6 is 0 Å². The highest BCUT2D eigenvalue weighted by atomic mass is 16.5. The number of ether oxygens (including phenoxy) is 1. The number of hydrogen-bond acceptors (Lipinski definition) is 2. The average Bonchev–Trinajstić information content (AvgIpc) is 1.82. The zero-order valence-corrected chi connectivity index (χ0v) is 6.09. The first-order valence-electron chi connectivity index (χ1n) is 2.62. The summed E-state index contributed by atoms with van der Waals surface area (Å²) in [4.78, 5) is 5.59. The molecule has 3 nitrogen and oxygen atoms in total. The molecule has 0 aromatic heterocycles. The second-order valence-electron chi connectivity index (χ2n) is 1.69. The largest absolute Gasteiger partial charge is 0.468 e. The van der Waals surface area contributed by atoms with E-state index in [-0.39, 0.29) is 0 Å². The number of aliphatic imine (C=N–C) groups is 1.